The first-order valence-corrected chi connectivity index (χ1v) is 7.79. The van der Waals surface area contributed by atoms with E-state index in [0.29, 0.717) is 11.5 Å². The number of nitrogens with one attached hydrogen (secondary N) is 1. The van der Waals surface area contributed by atoms with Crippen LogP contribution in [0.4, 0.5) is 11.5 Å². The summed E-state index contributed by atoms with van der Waals surface area (Å²) < 4.78 is 26.6. The molecule has 0 radical (unpaired) electrons. The van der Waals surface area contributed by atoms with E-state index in [1.165, 1.54) is 29.7 Å². The Morgan fingerprint density at radius 3 is 2.52 bits per heavy atom. The number of aryl methyl sites for hydroxylation is 2. The van der Waals surface area contributed by atoms with Gasteiger partial charge in [0, 0.05) is 19.3 Å². The van der Waals surface area contributed by atoms with Crippen LogP contribution in [0.15, 0.2) is 41.4 Å². The fourth-order valence-corrected chi connectivity index (χ4v) is 3.37. The molecule has 1 aromatic heterocycles. The molecule has 3 N–H and O–H groups in total. The molecule has 6 nitrogen and oxygen atoms in total. The zero-order valence-electron chi connectivity index (χ0n) is 12.2. The predicted octanol–water partition coefficient (Wildman–Crippen LogP) is 1.81. The third-order valence-electron chi connectivity index (χ3n) is 3.23. The first kappa shape index (κ1) is 15.3. The fraction of sp³-hybridized carbons (Fsp3) is 0.214. The van der Waals surface area contributed by atoms with Crippen LogP contribution in [0.3, 0.4) is 0 Å². The molecule has 7 heteroatoms. The van der Waals surface area contributed by atoms with Crippen LogP contribution in [0.25, 0.3) is 0 Å². The smallest absolute Gasteiger partial charge is 0.264 e. The Morgan fingerprint density at radius 1 is 1.19 bits per heavy atom. The quantitative estimate of drug-likeness (QED) is 0.664. The van der Waals surface area contributed by atoms with Gasteiger partial charge in [-0.2, -0.15) is 0 Å². The van der Waals surface area contributed by atoms with E-state index in [1.54, 1.807) is 6.07 Å². The monoisotopic (exact) mass is 306 g/mol. The number of sulfonamides is 1. The Kier molecular flexibility index (Phi) is 4.15. The van der Waals surface area contributed by atoms with Gasteiger partial charge in [-0.05, 0) is 31.5 Å². The molecule has 0 unspecified atom stereocenters. The molecule has 21 heavy (non-hydrogen) atoms. The Labute approximate surface area is 124 Å². The minimum atomic E-state index is -3.66. The number of benzene rings is 1. The van der Waals surface area contributed by atoms with Gasteiger partial charge in [-0.15, -0.1) is 0 Å². The highest BCUT2D eigenvalue weighted by Gasteiger charge is 2.23. The lowest BCUT2D eigenvalue weighted by molar-refractivity contribution is 0.594. The van der Waals surface area contributed by atoms with E-state index in [1.807, 2.05) is 26.0 Å². The number of nitrogens with two attached hydrogens (primary N) is 1. The van der Waals surface area contributed by atoms with E-state index in [9.17, 15) is 8.42 Å². The maximum atomic E-state index is 12.7. The Bertz CT molecular complexity index is 759. The van der Waals surface area contributed by atoms with Gasteiger partial charge < -0.3 is 5.43 Å². The lowest BCUT2D eigenvalue weighted by atomic mass is 10.1. The summed E-state index contributed by atoms with van der Waals surface area (Å²) in [5, 5.41) is 0. The lowest BCUT2D eigenvalue weighted by Gasteiger charge is -2.22. The summed E-state index contributed by atoms with van der Waals surface area (Å²) in [5.74, 6) is 5.57. The number of hydrogen-bond donors (Lipinski definition) is 2. The third-order valence-corrected chi connectivity index (χ3v) is 5.00. The van der Waals surface area contributed by atoms with Gasteiger partial charge in [-0.3, -0.25) is 4.31 Å². The fourth-order valence-electron chi connectivity index (χ4n) is 2.10. The minimum absolute atomic E-state index is 0.132. The molecule has 0 fully saturated rings. The van der Waals surface area contributed by atoms with Crippen LogP contribution < -0.4 is 15.6 Å². The number of hydrazine groups is 1. The van der Waals surface area contributed by atoms with Crippen LogP contribution in [0, 0.1) is 13.8 Å². The van der Waals surface area contributed by atoms with E-state index >= 15 is 0 Å². The first-order chi connectivity index (χ1) is 9.86. The molecule has 0 amide bonds. The van der Waals surface area contributed by atoms with E-state index in [-0.39, 0.29) is 4.90 Å². The highest BCUT2D eigenvalue weighted by atomic mass is 32.2. The molecule has 0 saturated carbocycles. The van der Waals surface area contributed by atoms with E-state index in [2.05, 4.69) is 10.4 Å². The van der Waals surface area contributed by atoms with Crippen molar-refractivity contribution in [3.05, 3.63) is 47.7 Å². The number of nitrogens with zero attached hydrogens (tertiary/aromatic N) is 2. The summed E-state index contributed by atoms with van der Waals surface area (Å²) in [4.78, 5) is 4.05. The molecular weight excluding hydrogens is 288 g/mol. The van der Waals surface area contributed by atoms with Crippen LogP contribution in [0.1, 0.15) is 11.1 Å². The summed E-state index contributed by atoms with van der Waals surface area (Å²) in [7, 11) is -2.13. The van der Waals surface area contributed by atoms with Gasteiger partial charge in [0.25, 0.3) is 10.0 Å². The number of pyridine rings is 1. The Morgan fingerprint density at radius 2 is 1.90 bits per heavy atom. The van der Waals surface area contributed by atoms with Crippen molar-refractivity contribution in [3.8, 4) is 0 Å². The summed E-state index contributed by atoms with van der Waals surface area (Å²) in [6.45, 7) is 3.85. The largest absolute Gasteiger partial charge is 0.308 e. The van der Waals surface area contributed by atoms with Crippen LogP contribution in [0.2, 0.25) is 0 Å². The van der Waals surface area contributed by atoms with Crippen molar-refractivity contribution < 1.29 is 8.42 Å². The maximum Gasteiger partial charge on any atom is 0.264 e. The molecule has 0 spiro atoms. The zero-order valence-corrected chi connectivity index (χ0v) is 13.0. The van der Waals surface area contributed by atoms with Crippen LogP contribution >= 0.6 is 0 Å². The van der Waals surface area contributed by atoms with Crippen molar-refractivity contribution in [1.29, 1.82) is 0 Å². The van der Waals surface area contributed by atoms with Crippen molar-refractivity contribution in [3.63, 3.8) is 0 Å². The van der Waals surface area contributed by atoms with Gasteiger partial charge in [0.05, 0.1) is 10.6 Å². The molecule has 0 atom stereocenters. The third kappa shape index (κ3) is 2.98. The standard InChI is InChI=1S/C14H18N4O2S/c1-10-4-5-13(11(2)8-10)18(3)21(19,20)12-6-7-16-14(9-12)17-15/h4-9H,15H2,1-3H3,(H,16,17). The summed E-state index contributed by atoms with van der Waals surface area (Å²) in [6, 6.07) is 8.46. The molecule has 0 aliphatic heterocycles. The second-order valence-corrected chi connectivity index (χ2v) is 6.75. The van der Waals surface area contributed by atoms with Crippen molar-refractivity contribution in [2.24, 2.45) is 5.84 Å². The maximum absolute atomic E-state index is 12.7. The van der Waals surface area contributed by atoms with Gasteiger partial charge in [0.2, 0.25) is 0 Å². The highest BCUT2D eigenvalue weighted by molar-refractivity contribution is 7.92. The number of nitrogen functional groups attached to an aromatic ring is 1. The molecule has 2 rings (SSSR count). The van der Waals surface area contributed by atoms with Crippen LogP contribution in [-0.2, 0) is 10.0 Å². The molecule has 2 aromatic rings. The highest BCUT2D eigenvalue weighted by Crippen LogP contribution is 2.26. The average Bonchev–Trinajstić information content (AvgIpc) is 2.46. The van der Waals surface area contributed by atoms with Gasteiger partial charge >= 0.3 is 0 Å². The summed E-state index contributed by atoms with van der Waals surface area (Å²) in [5.41, 5.74) is 4.96. The first-order valence-electron chi connectivity index (χ1n) is 6.35. The van der Waals surface area contributed by atoms with Gasteiger partial charge in [-0.25, -0.2) is 19.2 Å². The second-order valence-electron chi connectivity index (χ2n) is 4.78. The molecular formula is C14H18N4O2S. The van der Waals surface area contributed by atoms with Crippen molar-refractivity contribution in [1.82, 2.24) is 4.98 Å². The zero-order chi connectivity index (χ0) is 15.6. The van der Waals surface area contributed by atoms with Gasteiger partial charge in [0.1, 0.15) is 5.82 Å². The van der Waals surface area contributed by atoms with Crippen molar-refractivity contribution in [2.75, 3.05) is 16.8 Å². The molecule has 0 saturated heterocycles. The van der Waals surface area contributed by atoms with Gasteiger partial charge in [0.15, 0.2) is 0 Å². The predicted molar refractivity (Wildman–Crippen MR) is 83.6 cm³/mol. The SMILES string of the molecule is Cc1ccc(N(C)S(=O)(=O)c2ccnc(NN)c2)c(C)c1. The molecule has 112 valence electrons. The second kappa shape index (κ2) is 5.71. The van der Waals surface area contributed by atoms with Crippen molar-refractivity contribution in [2.45, 2.75) is 18.7 Å². The molecule has 0 bridgehead atoms. The summed E-state index contributed by atoms with van der Waals surface area (Å²) in [6.07, 6.45) is 1.40. The van der Waals surface area contributed by atoms with Crippen LogP contribution in [-0.4, -0.2) is 20.4 Å². The number of aromatic nitrogens is 1. The Balaban J connectivity index is 2.47. The normalized spacial score (nSPS) is 11.2. The van der Waals surface area contributed by atoms with Crippen LogP contribution in [0.5, 0.6) is 0 Å². The van der Waals surface area contributed by atoms with E-state index < -0.39 is 10.0 Å². The minimum Gasteiger partial charge on any atom is -0.308 e. The topological polar surface area (TPSA) is 88.3 Å². The lowest BCUT2D eigenvalue weighted by Crippen LogP contribution is -2.27. The molecule has 0 aliphatic rings. The van der Waals surface area contributed by atoms with Crippen molar-refractivity contribution >= 4 is 21.5 Å². The van der Waals surface area contributed by atoms with Gasteiger partial charge in [-0.1, -0.05) is 17.7 Å². The molecule has 0 aliphatic carbocycles. The summed E-state index contributed by atoms with van der Waals surface area (Å²) >= 11 is 0. The number of hydrogen-bond acceptors (Lipinski definition) is 5. The Hall–Kier alpha value is -2.12. The number of rotatable bonds is 4. The van der Waals surface area contributed by atoms with E-state index in [0.717, 1.165) is 11.1 Å². The molecule has 1 heterocycles. The van der Waals surface area contributed by atoms with E-state index in [4.69, 9.17) is 5.84 Å². The molecule has 1 aromatic carbocycles. The number of anilines is 2. The average molecular weight is 306 g/mol.